The average molecular weight is 376 g/mol. The molecule has 1 heterocycles. The molecular formula is C15H7ClF5N3O. The number of aromatic nitrogens is 3. The van der Waals surface area contributed by atoms with Crippen molar-refractivity contribution in [1.29, 1.82) is 0 Å². The molecule has 0 bridgehead atoms. The normalized spacial score (nSPS) is 11.6. The first-order valence-electron chi connectivity index (χ1n) is 6.68. The number of hydrogen-bond acceptors (Lipinski definition) is 3. The molecule has 0 radical (unpaired) electrons. The van der Waals surface area contributed by atoms with Crippen molar-refractivity contribution in [2.45, 2.75) is 6.36 Å². The molecule has 2 aromatic carbocycles. The van der Waals surface area contributed by atoms with Crippen molar-refractivity contribution in [2.75, 3.05) is 0 Å². The summed E-state index contributed by atoms with van der Waals surface area (Å²) in [5, 5.41) is 3.42. The minimum atomic E-state index is -4.94. The molecule has 0 atom stereocenters. The number of hydrogen-bond donors (Lipinski definition) is 0. The Labute approximate surface area is 142 Å². The Morgan fingerprint density at radius 3 is 2.24 bits per heavy atom. The van der Waals surface area contributed by atoms with E-state index in [4.69, 9.17) is 11.6 Å². The molecule has 0 aliphatic rings. The van der Waals surface area contributed by atoms with Crippen LogP contribution >= 0.6 is 11.6 Å². The standard InChI is InChI=1S/C15H7ClF5N3O/c16-14-22-13(12-8(17)4-3-5-9(12)18)23-24(14)10-6-1-2-7-11(10)25-15(19,20)21/h1-7H. The van der Waals surface area contributed by atoms with Crippen LogP contribution in [0.4, 0.5) is 22.0 Å². The Balaban J connectivity index is 2.11. The first-order chi connectivity index (χ1) is 11.8. The maximum atomic E-state index is 13.8. The van der Waals surface area contributed by atoms with Gasteiger partial charge in [0.1, 0.15) is 17.3 Å². The summed E-state index contributed by atoms with van der Waals surface area (Å²) in [6.45, 7) is 0. The number of ether oxygens (including phenoxy) is 1. The monoisotopic (exact) mass is 375 g/mol. The summed E-state index contributed by atoms with van der Waals surface area (Å²) >= 11 is 5.88. The van der Waals surface area contributed by atoms with Gasteiger partial charge in [0.2, 0.25) is 5.28 Å². The van der Waals surface area contributed by atoms with Gasteiger partial charge in [-0.1, -0.05) is 18.2 Å². The van der Waals surface area contributed by atoms with Gasteiger partial charge in [-0.3, -0.25) is 0 Å². The number of halogens is 6. The maximum absolute atomic E-state index is 13.8. The molecular weight excluding hydrogens is 369 g/mol. The number of para-hydroxylation sites is 2. The number of alkyl halides is 3. The lowest BCUT2D eigenvalue weighted by molar-refractivity contribution is -0.274. The summed E-state index contributed by atoms with van der Waals surface area (Å²) in [7, 11) is 0. The second-order valence-electron chi connectivity index (χ2n) is 4.73. The summed E-state index contributed by atoms with van der Waals surface area (Å²) in [5.74, 6) is -2.88. The van der Waals surface area contributed by atoms with E-state index >= 15 is 0 Å². The third-order valence-corrected chi connectivity index (χ3v) is 3.32. The maximum Gasteiger partial charge on any atom is 0.573 e. The van der Waals surface area contributed by atoms with Crippen molar-refractivity contribution in [2.24, 2.45) is 0 Å². The third-order valence-electron chi connectivity index (χ3n) is 3.07. The van der Waals surface area contributed by atoms with Crippen molar-refractivity contribution in [3.8, 4) is 22.8 Å². The zero-order valence-corrected chi connectivity index (χ0v) is 12.8. The molecule has 0 unspecified atom stereocenters. The number of rotatable bonds is 3. The van der Waals surface area contributed by atoms with Crippen molar-refractivity contribution >= 4 is 11.6 Å². The van der Waals surface area contributed by atoms with Crippen molar-refractivity contribution in [1.82, 2.24) is 14.8 Å². The first-order valence-corrected chi connectivity index (χ1v) is 7.06. The summed E-state index contributed by atoms with van der Waals surface area (Å²) in [6.07, 6.45) is -4.94. The Bertz CT molecular complexity index is 906. The molecule has 4 nitrogen and oxygen atoms in total. The van der Waals surface area contributed by atoms with Gasteiger partial charge in [-0.25, -0.2) is 8.78 Å². The van der Waals surface area contributed by atoms with E-state index in [2.05, 4.69) is 14.8 Å². The smallest absolute Gasteiger partial charge is 0.403 e. The van der Waals surface area contributed by atoms with Crippen molar-refractivity contribution < 1.29 is 26.7 Å². The third kappa shape index (κ3) is 3.55. The molecule has 0 aliphatic carbocycles. The highest BCUT2D eigenvalue weighted by atomic mass is 35.5. The predicted molar refractivity (Wildman–Crippen MR) is 78.4 cm³/mol. The lowest BCUT2D eigenvalue weighted by Crippen LogP contribution is -2.18. The Hall–Kier alpha value is -2.68. The van der Waals surface area contributed by atoms with Crippen LogP contribution in [0.3, 0.4) is 0 Å². The molecule has 0 saturated heterocycles. The van der Waals surface area contributed by atoms with Gasteiger partial charge in [0.05, 0.1) is 5.56 Å². The van der Waals surface area contributed by atoms with E-state index in [1.54, 1.807) is 0 Å². The zero-order chi connectivity index (χ0) is 18.2. The van der Waals surface area contributed by atoms with Crippen molar-refractivity contribution in [3.63, 3.8) is 0 Å². The summed E-state index contributed by atoms with van der Waals surface area (Å²) < 4.78 is 69.9. The van der Waals surface area contributed by atoms with Gasteiger partial charge in [-0.15, -0.1) is 18.3 Å². The second-order valence-corrected chi connectivity index (χ2v) is 5.07. The van der Waals surface area contributed by atoms with Crippen LogP contribution in [0.2, 0.25) is 5.28 Å². The summed E-state index contributed by atoms with van der Waals surface area (Å²) in [5.41, 5.74) is -0.738. The van der Waals surface area contributed by atoms with Crippen LogP contribution in [0.5, 0.6) is 5.75 Å². The molecule has 3 rings (SSSR count). The van der Waals surface area contributed by atoms with E-state index in [9.17, 15) is 22.0 Å². The fraction of sp³-hybridized carbons (Fsp3) is 0.0667. The number of benzene rings is 2. The van der Waals surface area contributed by atoms with E-state index in [1.807, 2.05) is 0 Å². The second kappa shape index (κ2) is 6.32. The molecule has 0 aliphatic heterocycles. The van der Waals surface area contributed by atoms with Gasteiger partial charge in [-0.05, 0) is 35.9 Å². The fourth-order valence-corrected chi connectivity index (χ4v) is 2.32. The van der Waals surface area contributed by atoms with E-state index in [0.29, 0.717) is 0 Å². The van der Waals surface area contributed by atoms with Crippen molar-refractivity contribution in [3.05, 3.63) is 59.4 Å². The van der Waals surface area contributed by atoms with Gasteiger partial charge in [0.15, 0.2) is 11.6 Å². The average Bonchev–Trinajstić information content (AvgIpc) is 2.87. The zero-order valence-electron chi connectivity index (χ0n) is 12.1. The molecule has 25 heavy (non-hydrogen) atoms. The summed E-state index contributed by atoms with van der Waals surface area (Å²) in [6, 6.07) is 8.15. The largest absolute Gasteiger partial charge is 0.573 e. The van der Waals surface area contributed by atoms with Gasteiger partial charge in [0, 0.05) is 0 Å². The van der Waals surface area contributed by atoms with Crippen LogP contribution in [-0.4, -0.2) is 21.1 Å². The minimum absolute atomic E-state index is 0.194. The topological polar surface area (TPSA) is 39.9 Å². The fourth-order valence-electron chi connectivity index (χ4n) is 2.11. The van der Waals surface area contributed by atoms with Gasteiger partial charge < -0.3 is 4.74 Å². The predicted octanol–water partition coefficient (Wildman–Crippen LogP) is 4.76. The summed E-state index contributed by atoms with van der Waals surface area (Å²) in [4.78, 5) is 3.72. The van der Waals surface area contributed by atoms with Crippen LogP contribution in [0.1, 0.15) is 0 Å². The Kier molecular flexibility index (Phi) is 4.34. The SMILES string of the molecule is Fc1cccc(F)c1-c1nc(Cl)n(-c2ccccc2OC(F)(F)F)n1. The Morgan fingerprint density at radius 2 is 1.60 bits per heavy atom. The molecule has 3 aromatic rings. The molecule has 0 fully saturated rings. The van der Waals surface area contributed by atoms with Crippen LogP contribution in [0.15, 0.2) is 42.5 Å². The highest BCUT2D eigenvalue weighted by Crippen LogP contribution is 2.32. The van der Waals surface area contributed by atoms with Crippen LogP contribution in [0.25, 0.3) is 17.1 Å². The van der Waals surface area contributed by atoms with E-state index in [0.717, 1.165) is 28.9 Å². The molecule has 1 aromatic heterocycles. The van der Waals surface area contributed by atoms with Gasteiger partial charge in [0.25, 0.3) is 0 Å². The number of nitrogens with zero attached hydrogens (tertiary/aromatic N) is 3. The Morgan fingerprint density at radius 1 is 0.960 bits per heavy atom. The molecule has 0 saturated carbocycles. The first kappa shape index (κ1) is 17.2. The lowest BCUT2D eigenvalue weighted by Gasteiger charge is -2.12. The van der Waals surface area contributed by atoms with E-state index in [1.165, 1.54) is 18.2 Å². The minimum Gasteiger partial charge on any atom is -0.403 e. The van der Waals surface area contributed by atoms with E-state index in [-0.39, 0.29) is 5.69 Å². The molecule has 130 valence electrons. The van der Waals surface area contributed by atoms with Gasteiger partial charge >= 0.3 is 6.36 Å². The molecule has 0 N–H and O–H groups in total. The van der Waals surface area contributed by atoms with Gasteiger partial charge in [-0.2, -0.15) is 9.67 Å². The molecule has 0 spiro atoms. The highest BCUT2D eigenvalue weighted by molar-refractivity contribution is 6.28. The lowest BCUT2D eigenvalue weighted by atomic mass is 10.2. The quantitative estimate of drug-likeness (QED) is 0.619. The highest BCUT2D eigenvalue weighted by Gasteiger charge is 2.32. The molecule has 0 amide bonds. The van der Waals surface area contributed by atoms with Crippen LogP contribution in [0, 0.1) is 11.6 Å². The van der Waals surface area contributed by atoms with Crippen LogP contribution < -0.4 is 4.74 Å². The molecule has 10 heteroatoms. The van der Waals surface area contributed by atoms with E-state index < -0.39 is 40.4 Å². The van der Waals surface area contributed by atoms with Crippen LogP contribution in [-0.2, 0) is 0 Å².